The first-order valence-electron chi connectivity index (χ1n) is 5.68. The summed E-state index contributed by atoms with van der Waals surface area (Å²) in [5.41, 5.74) is 0.800. The van der Waals surface area contributed by atoms with Crippen LogP contribution in [0.1, 0.15) is 38.1 Å². The predicted molar refractivity (Wildman–Crippen MR) is 65.5 cm³/mol. The number of aliphatic hydroxyl groups is 1. The van der Waals surface area contributed by atoms with Crippen molar-refractivity contribution in [3.63, 3.8) is 0 Å². The molecule has 1 aromatic heterocycles. The summed E-state index contributed by atoms with van der Waals surface area (Å²) < 4.78 is 1.77. The van der Waals surface area contributed by atoms with Crippen LogP contribution in [0, 0.1) is 0 Å². The van der Waals surface area contributed by atoms with E-state index < -0.39 is 5.60 Å². The normalized spacial score (nSPS) is 13.6. The predicted octanol–water partition coefficient (Wildman–Crippen LogP) is 2.11. The Kier molecular flexibility index (Phi) is 2.98. The van der Waals surface area contributed by atoms with Gasteiger partial charge in [-0.1, -0.05) is 35.5 Å². The fourth-order valence-corrected chi connectivity index (χ4v) is 1.63. The minimum absolute atomic E-state index is 0.111. The molecule has 4 nitrogen and oxygen atoms in total. The highest BCUT2D eigenvalue weighted by Gasteiger charge is 2.21. The molecule has 1 unspecified atom stereocenters. The Bertz CT molecular complexity index is 485. The van der Waals surface area contributed by atoms with Crippen LogP contribution in [0.2, 0.25) is 0 Å². The number of rotatable bonds is 3. The summed E-state index contributed by atoms with van der Waals surface area (Å²) in [6.07, 6.45) is 1.79. The second-order valence-corrected chi connectivity index (χ2v) is 4.73. The van der Waals surface area contributed by atoms with Gasteiger partial charge in [0.2, 0.25) is 0 Å². The summed E-state index contributed by atoms with van der Waals surface area (Å²) in [6, 6.07) is 10.2. The van der Waals surface area contributed by atoms with Crippen LogP contribution in [0.4, 0.5) is 0 Å². The third-order valence-electron chi connectivity index (χ3n) is 2.82. The first kappa shape index (κ1) is 11.8. The Morgan fingerprint density at radius 3 is 2.41 bits per heavy atom. The van der Waals surface area contributed by atoms with Crippen LogP contribution in [0.25, 0.3) is 0 Å². The van der Waals surface area contributed by atoms with Crippen molar-refractivity contribution < 1.29 is 5.11 Å². The fraction of sp³-hybridized carbons (Fsp3) is 0.385. The van der Waals surface area contributed by atoms with Crippen molar-refractivity contribution >= 4 is 0 Å². The Hall–Kier alpha value is -1.68. The van der Waals surface area contributed by atoms with Crippen molar-refractivity contribution in [2.24, 2.45) is 0 Å². The van der Waals surface area contributed by atoms with E-state index in [0.29, 0.717) is 5.69 Å². The number of nitrogens with zero attached hydrogens (tertiary/aromatic N) is 3. The molecule has 2 aromatic rings. The van der Waals surface area contributed by atoms with E-state index in [4.69, 9.17) is 0 Å². The van der Waals surface area contributed by atoms with Crippen molar-refractivity contribution in [2.45, 2.75) is 32.4 Å². The van der Waals surface area contributed by atoms with Crippen molar-refractivity contribution in [1.82, 2.24) is 15.0 Å². The van der Waals surface area contributed by atoms with Gasteiger partial charge in [0.1, 0.15) is 11.3 Å². The lowest BCUT2D eigenvalue weighted by molar-refractivity contribution is 0.0737. The number of benzene rings is 1. The van der Waals surface area contributed by atoms with Gasteiger partial charge >= 0.3 is 0 Å². The lowest BCUT2D eigenvalue weighted by atomic mass is 10.1. The largest absolute Gasteiger partial charge is 0.384 e. The van der Waals surface area contributed by atoms with Crippen LogP contribution in [-0.4, -0.2) is 20.1 Å². The first-order valence-corrected chi connectivity index (χ1v) is 5.68. The molecular weight excluding hydrogens is 214 g/mol. The molecule has 0 saturated heterocycles. The number of hydrogen-bond acceptors (Lipinski definition) is 3. The fourth-order valence-electron chi connectivity index (χ4n) is 1.63. The van der Waals surface area contributed by atoms with Gasteiger partial charge in [-0.3, -0.25) is 0 Å². The first-order chi connectivity index (χ1) is 7.98. The maximum Gasteiger partial charge on any atom is 0.114 e. The summed E-state index contributed by atoms with van der Waals surface area (Å²) >= 11 is 0. The molecule has 1 aromatic carbocycles. The molecule has 0 radical (unpaired) electrons. The molecule has 1 atom stereocenters. The number of aromatic nitrogens is 3. The molecule has 0 fully saturated rings. The van der Waals surface area contributed by atoms with Crippen molar-refractivity contribution in [3.8, 4) is 0 Å². The monoisotopic (exact) mass is 231 g/mol. The highest BCUT2D eigenvalue weighted by atomic mass is 16.3. The zero-order chi connectivity index (χ0) is 12.5. The van der Waals surface area contributed by atoms with E-state index in [1.807, 2.05) is 18.2 Å². The molecule has 0 aliphatic rings. The van der Waals surface area contributed by atoms with Gasteiger partial charge < -0.3 is 5.11 Å². The van der Waals surface area contributed by atoms with Gasteiger partial charge in [-0.25, -0.2) is 4.68 Å². The molecule has 0 amide bonds. The number of hydrogen-bond donors (Lipinski definition) is 1. The summed E-state index contributed by atoms with van der Waals surface area (Å²) in [5.74, 6) is 0. The van der Waals surface area contributed by atoms with E-state index in [0.717, 1.165) is 0 Å². The lowest BCUT2D eigenvalue weighted by Gasteiger charge is -2.13. The minimum atomic E-state index is -0.950. The van der Waals surface area contributed by atoms with E-state index >= 15 is 0 Å². The molecule has 0 aliphatic carbocycles. The molecule has 17 heavy (non-hydrogen) atoms. The maximum absolute atomic E-state index is 9.84. The van der Waals surface area contributed by atoms with E-state index in [1.165, 1.54) is 5.56 Å². The third kappa shape index (κ3) is 2.53. The summed E-state index contributed by atoms with van der Waals surface area (Å²) in [6.45, 7) is 5.46. The van der Waals surface area contributed by atoms with Crippen LogP contribution in [0.15, 0.2) is 36.5 Å². The van der Waals surface area contributed by atoms with Gasteiger partial charge in [0, 0.05) is 0 Å². The average molecular weight is 231 g/mol. The van der Waals surface area contributed by atoms with Crippen molar-refractivity contribution in [3.05, 3.63) is 47.8 Å². The van der Waals surface area contributed by atoms with Gasteiger partial charge in [0.25, 0.3) is 0 Å². The van der Waals surface area contributed by atoms with E-state index in [1.54, 1.807) is 24.7 Å². The van der Waals surface area contributed by atoms with Gasteiger partial charge in [-0.2, -0.15) is 0 Å². The molecule has 90 valence electrons. The Balaban J connectivity index is 2.27. The molecule has 0 aliphatic heterocycles. The zero-order valence-electron chi connectivity index (χ0n) is 10.3. The zero-order valence-corrected chi connectivity index (χ0v) is 10.3. The van der Waals surface area contributed by atoms with Gasteiger partial charge in [-0.15, -0.1) is 5.10 Å². The standard InChI is InChI=1S/C13H17N3O/c1-10(11-7-5-4-6-8-11)16-9-12(14-15-16)13(2,3)17/h4-10,17H,1-3H3. The smallest absolute Gasteiger partial charge is 0.114 e. The van der Waals surface area contributed by atoms with Crippen molar-refractivity contribution in [2.75, 3.05) is 0 Å². The van der Waals surface area contributed by atoms with E-state index in [9.17, 15) is 5.11 Å². The van der Waals surface area contributed by atoms with Crippen LogP contribution in [-0.2, 0) is 5.60 Å². The molecule has 1 heterocycles. The Morgan fingerprint density at radius 2 is 1.88 bits per heavy atom. The third-order valence-corrected chi connectivity index (χ3v) is 2.82. The molecule has 0 spiro atoms. The quantitative estimate of drug-likeness (QED) is 0.880. The lowest BCUT2D eigenvalue weighted by Crippen LogP contribution is -2.16. The highest BCUT2D eigenvalue weighted by molar-refractivity contribution is 5.19. The summed E-state index contributed by atoms with van der Waals surface area (Å²) in [4.78, 5) is 0. The molecule has 1 N–H and O–H groups in total. The van der Waals surface area contributed by atoms with Gasteiger partial charge in [0.15, 0.2) is 0 Å². The maximum atomic E-state index is 9.84. The van der Waals surface area contributed by atoms with Gasteiger partial charge in [-0.05, 0) is 26.3 Å². The van der Waals surface area contributed by atoms with Crippen LogP contribution >= 0.6 is 0 Å². The van der Waals surface area contributed by atoms with Crippen molar-refractivity contribution in [1.29, 1.82) is 0 Å². The minimum Gasteiger partial charge on any atom is -0.384 e. The van der Waals surface area contributed by atoms with Crippen LogP contribution < -0.4 is 0 Å². The van der Waals surface area contributed by atoms with Gasteiger partial charge in [0.05, 0.1) is 12.2 Å². The van der Waals surface area contributed by atoms with Crippen LogP contribution in [0.5, 0.6) is 0 Å². The molecule has 0 bridgehead atoms. The average Bonchev–Trinajstić information content (AvgIpc) is 2.78. The Morgan fingerprint density at radius 1 is 1.24 bits per heavy atom. The second kappa shape index (κ2) is 4.30. The van der Waals surface area contributed by atoms with Crippen LogP contribution in [0.3, 0.4) is 0 Å². The highest BCUT2D eigenvalue weighted by Crippen LogP contribution is 2.20. The second-order valence-electron chi connectivity index (χ2n) is 4.73. The van der Waals surface area contributed by atoms with E-state index in [2.05, 4.69) is 29.4 Å². The molecular formula is C13H17N3O. The molecule has 4 heteroatoms. The topological polar surface area (TPSA) is 50.9 Å². The Labute approximate surface area is 101 Å². The van der Waals surface area contributed by atoms with E-state index in [-0.39, 0.29) is 6.04 Å². The molecule has 2 rings (SSSR count). The molecule has 0 saturated carbocycles. The summed E-state index contributed by atoms with van der Waals surface area (Å²) in [5, 5.41) is 17.9. The SMILES string of the molecule is CC(c1ccccc1)n1cc(C(C)(C)O)nn1. The summed E-state index contributed by atoms with van der Waals surface area (Å²) in [7, 11) is 0.